The third kappa shape index (κ3) is 3.02. The minimum atomic E-state index is -3.68. The van der Waals surface area contributed by atoms with Crippen LogP contribution in [0.15, 0.2) is 64.4 Å². The molecule has 0 unspecified atom stereocenters. The van der Waals surface area contributed by atoms with Crippen LogP contribution in [0.25, 0.3) is 10.8 Å². The quantitative estimate of drug-likeness (QED) is 0.566. The maximum Gasteiger partial charge on any atom is 0.289 e. The van der Waals surface area contributed by atoms with E-state index in [0.717, 1.165) is 5.39 Å². The van der Waals surface area contributed by atoms with Crippen molar-refractivity contribution in [1.82, 2.24) is 0 Å². The number of methoxy groups -OCH3 is 1. The molecule has 27 heavy (non-hydrogen) atoms. The number of nitrogens with zero attached hydrogens (tertiary/aromatic N) is 1. The Bertz CT molecular complexity index is 1130. The van der Waals surface area contributed by atoms with E-state index in [0.29, 0.717) is 39.0 Å². The van der Waals surface area contributed by atoms with Crippen LogP contribution in [0.4, 0.5) is 14.5 Å². The Balaban J connectivity index is 1.75. The van der Waals surface area contributed by atoms with Crippen molar-refractivity contribution in [3.05, 3.63) is 60.2 Å². The number of hydrogen-bond acceptors (Lipinski definition) is 4. The molecule has 1 aliphatic heterocycles. The molecule has 0 radical (unpaired) electrons. The summed E-state index contributed by atoms with van der Waals surface area (Å²) in [5, 5.41) is 1.56. The average Bonchev–Trinajstić information content (AvgIpc) is 2.86. The summed E-state index contributed by atoms with van der Waals surface area (Å²) in [5.41, 5.74) is 1.27. The second kappa shape index (κ2) is 6.69. The largest absolute Gasteiger partial charge is 0.496 e. The fraction of sp³-hybridized carbons (Fsp3) is 0.158. The fourth-order valence-corrected chi connectivity index (χ4v) is 5.59. The van der Waals surface area contributed by atoms with Gasteiger partial charge in [-0.15, -0.1) is 0 Å². The molecule has 0 aromatic heterocycles. The van der Waals surface area contributed by atoms with Gasteiger partial charge in [-0.2, -0.15) is 8.78 Å². The Morgan fingerprint density at radius 1 is 1.11 bits per heavy atom. The predicted molar refractivity (Wildman–Crippen MR) is 102 cm³/mol. The minimum absolute atomic E-state index is 0.0894. The van der Waals surface area contributed by atoms with Crippen LogP contribution in [-0.4, -0.2) is 21.3 Å². The zero-order chi connectivity index (χ0) is 19.2. The molecule has 0 bridgehead atoms. The molecule has 0 saturated carbocycles. The van der Waals surface area contributed by atoms with Gasteiger partial charge < -0.3 is 4.74 Å². The van der Waals surface area contributed by atoms with Crippen LogP contribution >= 0.6 is 11.8 Å². The molecular formula is C19H15F2NO3S2. The van der Waals surface area contributed by atoms with E-state index in [9.17, 15) is 17.2 Å². The number of hydrogen-bond donors (Lipinski definition) is 0. The molecule has 0 fully saturated rings. The summed E-state index contributed by atoms with van der Waals surface area (Å²) in [5.74, 6) is -2.26. The molecule has 8 heteroatoms. The summed E-state index contributed by atoms with van der Waals surface area (Å²) in [4.78, 5) is 0.596. The van der Waals surface area contributed by atoms with Gasteiger partial charge in [0.2, 0.25) is 0 Å². The Kier molecular flexibility index (Phi) is 4.47. The van der Waals surface area contributed by atoms with Crippen LogP contribution in [0.5, 0.6) is 5.75 Å². The van der Waals surface area contributed by atoms with Crippen molar-refractivity contribution in [3.63, 3.8) is 0 Å². The summed E-state index contributed by atoms with van der Waals surface area (Å²) >= 11 is 0.396. The van der Waals surface area contributed by atoms with Gasteiger partial charge in [-0.1, -0.05) is 42.1 Å². The predicted octanol–water partition coefficient (Wildman–Crippen LogP) is 4.87. The molecule has 0 amide bonds. The van der Waals surface area contributed by atoms with Crippen molar-refractivity contribution in [1.29, 1.82) is 0 Å². The van der Waals surface area contributed by atoms with Crippen molar-refractivity contribution in [2.75, 3.05) is 11.4 Å². The first-order valence-corrected chi connectivity index (χ1v) is 10.4. The van der Waals surface area contributed by atoms with E-state index < -0.39 is 15.8 Å². The summed E-state index contributed by atoms with van der Waals surface area (Å²) in [6.45, 7) is 0.0894. The molecule has 1 aliphatic rings. The second-order valence-corrected chi connectivity index (χ2v) is 8.87. The number of sulfonamides is 1. The van der Waals surface area contributed by atoms with E-state index in [2.05, 4.69) is 0 Å². The normalized spacial score (nSPS) is 14.9. The standard InChI is InChI=1S/C19H15F2NO3S2/c1-25-15-10-12(8-9-16(15)26-19(20)21)11-22-14-6-2-4-13-5-3-7-17(18(13)14)27(22,23)24/h2-10,19H,11H2,1H3. The van der Waals surface area contributed by atoms with Crippen LogP contribution in [0.1, 0.15) is 5.56 Å². The smallest absolute Gasteiger partial charge is 0.289 e. The van der Waals surface area contributed by atoms with Crippen molar-refractivity contribution < 1.29 is 21.9 Å². The molecule has 0 N–H and O–H groups in total. The number of rotatable bonds is 5. The summed E-state index contributed by atoms with van der Waals surface area (Å²) in [6.07, 6.45) is 0. The molecule has 0 aliphatic carbocycles. The summed E-state index contributed by atoms with van der Waals surface area (Å²) in [6, 6.07) is 15.4. The molecule has 0 spiro atoms. The Hall–Kier alpha value is -2.32. The molecule has 1 heterocycles. The molecule has 4 rings (SSSR count). The molecule has 4 nitrogen and oxygen atoms in total. The molecule has 0 atom stereocenters. The number of benzene rings is 3. The van der Waals surface area contributed by atoms with Gasteiger partial charge in [0.1, 0.15) is 5.75 Å². The maximum absolute atomic E-state index is 13.0. The molecule has 3 aromatic rings. The third-order valence-corrected chi connectivity index (χ3v) is 7.02. The zero-order valence-electron chi connectivity index (χ0n) is 14.2. The average molecular weight is 407 g/mol. The van der Waals surface area contributed by atoms with Gasteiger partial charge in [-0.25, -0.2) is 8.42 Å². The van der Waals surface area contributed by atoms with Gasteiger partial charge in [-0.3, -0.25) is 4.31 Å². The molecule has 140 valence electrons. The number of thioether (sulfide) groups is 1. The van der Waals surface area contributed by atoms with Gasteiger partial charge in [0, 0.05) is 5.39 Å². The zero-order valence-corrected chi connectivity index (χ0v) is 15.9. The van der Waals surface area contributed by atoms with Crippen LogP contribution in [0.2, 0.25) is 0 Å². The monoisotopic (exact) mass is 407 g/mol. The van der Waals surface area contributed by atoms with Crippen molar-refractivity contribution in [2.24, 2.45) is 0 Å². The molecule has 3 aromatic carbocycles. The van der Waals surface area contributed by atoms with Crippen molar-refractivity contribution in [3.8, 4) is 5.75 Å². The van der Waals surface area contributed by atoms with Gasteiger partial charge in [-0.05, 0) is 35.2 Å². The highest BCUT2D eigenvalue weighted by atomic mass is 32.2. The first kappa shape index (κ1) is 18.1. The van der Waals surface area contributed by atoms with Crippen LogP contribution in [-0.2, 0) is 16.6 Å². The van der Waals surface area contributed by atoms with E-state index in [1.165, 1.54) is 17.5 Å². The summed E-state index contributed by atoms with van der Waals surface area (Å²) in [7, 11) is -2.28. The highest BCUT2D eigenvalue weighted by Crippen LogP contribution is 2.43. The topological polar surface area (TPSA) is 46.6 Å². The van der Waals surface area contributed by atoms with Crippen LogP contribution in [0.3, 0.4) is 0 Å². The van der Waals surface area contributed by atoms with E-state index in [-0.39, 0.29) is 11.4 Å². The van der Waals surface area contributed by atoms with Crippen LogP contribution in [0, 0.1) is 0 Å². The highest BCUT2D eigenvalue weighted by Gasteiger charge is 2.35. The first-order valence-electron chi connectivity index (χ1n) is 8.08. The Morgan fingerprint density at radius 3 is 2.56 bits per heavy atom. The lowest BCUT2D eigenvalue weighted by Gasteiger charge is -2.20. The van der Waals surface area contributed by atoms with Crippen molar-refractivity contribution in [2.45, 2.75) is 22.1 Å². The SMILES string of the molecule is COc1cc(CN2c3cccc4cccc(c34)S2(=O)=O)ccc1SC(F)F. The van der Waals surface area contributed by atoms with Gasteiger partial charge in [0.25, 0.3) is 15.8 Å². The third-order valence-electron chi connectivity index (χ3n) is 4.45. The van der Waals surface area contributed by atoms with Gasteiger partial charge in [0.05, 0.1) is 29.1 Å². The lowest BCUT2D eigenvalue weighted by atomic mass is 10.1. The minimum Gasteiger partial charge on any atom is -0.496 e. The number of ether oxygens (including phenoxy) is 1. The second-order valence-electron chi connectivity index (χ2n) is 6.01. The number of halogens is 2. The number of anilines is 1. The lowest BCUT2D eigenvalue weighted by molar-refractivity contribution is 0.251. The molecule has 0 saturated heterocycles. The van der Waals surface area contributed by atoms with E-state index >= 15 is 0 Å². The van der Waals surface area contributed by atoms with E-state index in [1.54, 1.807) is 30.3 Å². The fourth-order valence-electron chi connectivity index (χ4n) is 3.30. The van der Waals surface area contributed by atoms with Crippen LogP contribution < -0.4 is 9.04 Å². The van der Waals surface area contributed by atoms with Gasteiger partial charge in [0.15, 0.2) is 0 Å². The summed E-state index contributed by atoms with van der Waals surface area (Å²) < 4.78 is 57.9. The van der Waals surface area contributed by atoms with Gasteiger partial charge >= 0.3 is 0 Å². The Labute approximate surface area is 159 Å². The first-order chi connectivity index (χ1) is 12.9. The lowest BCUT2D eigenvalue weighted by Crippen LogP contribution is -2.26. The Morgan fingerprint density at radius 2 is 1.85 bits per heavy atom. The number of alkyl halides is 2. The van der Waals surface area contributed by atoms with E-state index in [1.807, 2.05) is 18.2 Å². The van der Waals surface area contributed by atoms with E-state index in [4.69, 9.17) is 4.74 Å². The molecular weight excluding hydrogens is 392 g/mol. The van der Waals surface area contributed by atoms with Crippen molar-refractivity contribution >= 4 is 38.2 Å². The highest BCUT2D eigenvalue weighted by molar-refractivity contribution is 7.99. The maximum atomic E-state index is 13.0.